The van der Waals surface area contributed by atoms with Crippen LogP contribution >= 0.6 is 0 Å². The van der Waals surface area contributed by atoms with E-state index in [4.69, 9.17) is 23.8 Å². The standard InChI is InChI=1S/C57H34N4O2/c1-3-15-35(16-4-1)37-19-13-20-38(31-37)55-58-56(60-57(59-55)45-24-14-28-50-52(45)43-22-8-11-26-48(43)62-50)40-32-39(36-17-5-2-6-18-36)33-41(34-40)61-46-25-10-7-21-42(46)53-47(61)29-30-51-54(53)44-23-9-12-27-49(44)63-51/h1-34H. The molecule has 0 radical (unpaired) electrons. The zero-order valence-corrected chi connectivity index (χ0v) is 33.7. The minimum Gasteiger partial charge on any atom is -0.456 e. The van der Waals surface area contributed by atoms with Gasteiger partial charge < -0.3 is 13.4 Å². The number of hydrogen-bond acceptors (Lipinski definition) is 5. The lowest BCUT2D eigenvalue weighted by Gasteiger charge is -2.15. The van der Waals surface area contributed by atoms with Crippen LogP contribution in [0, 0.1) is 0 Å². The van der Waals surface area contributed by atoms with Gasteiger partial charge in [0.15, 0.2) is 17.5 Å². The molecule has 0 amide bonds. The summed E-state index contributed by atoms with van der Waals surface area (Å²) in [6.07, 6.45) is 0. The zero-order valence-electron chi connectivity index (χ0n) is 33.7. The quantitative estimate of drug-likeness (QED) is 0.167. The van der Waals surface area contributed by atoms with Crippen LogP contribution in [0.25, 0.3) is 128 Å². The van der Waals surface area contributed by atoms with Gasteiger partial charge in [-0.25, -0.2) is 15.0 Å². The molecule has 4 aromatic heterocycles. The minimum absolute atomic E-state index is 0.563. The first kappa shape index (κ1) is 35.2. The van der Waals surface area contributed by atoms with Crippen LogP contribution in [-0.2, 0) is 0 Å². The van der Waals surface area contributed by atoms with E-state index in [0.717, 1.165) is 110 Å². The molecule has 0 fully saturated rings. The van der Waals surface area contributed by atoms with Crippen LogP contribution in [0.3, 0.4) is 0 Å². The van der Waals surface area contributed by atoms with Gasteiger partial charge in [-0.3, -0.25) is 0 Å². The van der Waals surface area contributed by atoms with Gasteiger partial charge in [0.25, 0.3) is 0 Å². The third kappa shape index (κ3) is 5.69. The summed E-state index contributed by atoms with van der Waals surface area (Å²) in [6.45, 7) is 0. The number of nitrogens with zero attached hydrogens (tertiary/aromatic N) is 4. The SMILES string of the molecule is c1ccc(-c2cccc(-c3nc(-c4cc(-c5ccccc5)cc(-n5c6ccccc6c6c7c(ccc65)oc5ccccc57)c4)nc(-c4cccc5oc6ccccc6c45)n3)c2)cc1. The molecule has 0 bridgehead atoms. The van der Waals surface area contributed by atoms with Crippen LogP contribution in [0.2, 0.25) is 0 Å². The summed E-state index contributed by atoms with van der Waals surface area (Å²) < 4.78 is 15.1. The Morgan fingerprint density at radius 2 is 0.825 bits per heavy atom. The van der Waals surface area contributed by atoms with Gasteiger partial charge in [0.05, 0.1) is 11.0 Å². The maximum atomic E-state index is 6.41. The van der Waals surface area contributed by atoms with Crippen molar-refractivity contribution < 1.29 is 8.83 Å². The van der Waals surface area contributed by atoms with Crippen molar-refractivity contribution in [3.63, 3.8) is 0 Å². The van der Waals surface area contributed by atoms with Gasteiger partial charge in [-0.1, -0.05) is 146 Å². The molecular weight excluding hydrogens is 773 g/mol. The van der Waals surface area contributed by atoms with Crippen LogP contribution < -0.4 is 0 Å². The van der Waals surface area contributed by atoms with Gasteiger partial charge in [-0.2, -0.15) is 0 Å². The smallest absolute Gasteiger partial charge is 0.164 e. The van der Waals surface area contributed by atoms with Crippen molar-refractivity contribution in [2.24, 2.45) is 0 Å². The normalized spacial score (nSPS) is 11.8. The number of aromatic nitrogens is 4. The van der Waals surface area contributed by atoms with Gasteiger partial charge >= 0.3 is 0 Å². The lowest BCUT2D eigenvalue weighted by molar-refractivity contribution is 0.668. The van der Waals surface area contributed by atoms with Gasteiger partial charge in [-0.05, 0) is 82.9 Å². The van der Waals surface area contributed by atoms with E-state index in [1.165, 1.54) is 0 Å². The van der Waals surface area contributed by atoms with Crippen molar-refractivity contribution in [3.8, 4) is 62.1 Å². The van der Waals surface area contributed by atoms with Gasteiger partial charge in [0.1, 0.15) is 22.3 Å². The van der Waals surface area contributed by atoms with Crippen molar-refractivity contribution in [1.29, 1.82) is 0 Å². The molecule has 0 N–H and O–H groups in total. The Bertz CT molecular complexity index is 3920. The first-order valence-corrected chi connectivity index (χ1v) is 21.1. The van der Waals surface area contributed by atoms with Crippen LogP contribution in [-0.4, -0.2) is 19.5 Å². The molecule has 0 saturated carbocycles. The molecular formula is C57H34N4O2. The number of rotatable bonds is 6. The maximum absolute atomic E-state index is 6.41. The second kappa shape index (κ2) is 14.0. The Morgan fingerprint density at radius 1 is 0.302 bits per heavy atom. The highest BCUT2D eigenvalue weighted by Crippen LogP contribution is 2.43. The number of furan rings is 2. The molecule has 6 nitrogen and oxygen atoms in total. The van der Waals surface area contributed by atoms with E-state index in [2.05, 4.69) is 162 Å². The van der Waals surface area contributed by atoms with E-state index in [1.54, 1.807) is 0 Å². The second-order valence-electron chi connectivity index (χ2n) is 15.9. The maximum Gasteiger partial charge on any atom is 0.164 e. The topological polar surface area (TPSA) is 69.9 Å². The van der Waals surface area contributed by atoms with Gasteiger partial charge in [0.2, 0.25) is 0 Å². The zero-order chi connectivity index (χ0) is 41.4. The van der Waals surface area contributed by atoms with Gasteiger partial charge in [-0.15, -0.1) is 0 Å². The highest BCUT2D eigenvalue weighted by atomic mass is 16.3. The molecule has 0 unspecified atom stereocenters. The average molecular weight is 807 g/mol. The van der Waals surface area contributed by atoms with Crippen molar-refractivity contribution in [1.82, 2.24) is 19.5 Å². The predicted molar refractivity (Wildman–Crippen MR) is 256 cm³/mol. The molecule has 0 atom stereocenters. The van der Waals surface area contributed by atoms with E-state index in [1.807, 2.05) is 48.5 Å². The van der Waals surface area contributed by atoms with Crippen LogP contribution in [0.15, 0.2) is 215 Å². The van der Waals surface area contributed by atoms with Gasteiger partial charge in [0, 0.05) is 54.7 Å². The molecule has 0 spiro atoms. The fourth-order valence-electron chi connectivity index (χ4n) is 9.40. The third-order valence-corrected chi connectivity index (χ3v) is 12.2. The molecule has 13 rings (SSSR count). The number of fused-ring (bicyclic) bond motifs is 10. The molecule has 9 aromatic carbocycles. The highest BCUT2D eigenvalue weighted by Gasteiger charge is 2.22. The summed E-state index contributed by atoms with van der Waals surface area (Å²) in [6, 6.07) is 71.5. The van der Waals surface area contributed by atoms with Crippen molar-refractivity contribution in [2.45, 2.75) is 0 Å². The van der Waals surface area contributed by atoms with Crippen molar-refractivity contribution >= 4 is 65.7 Å². The summed E-state index contributed by atoms with van der Waals surface area (Å²) in [4.78, 5) is 16.0. The Hall–Kier alpha value is -8.61. The average Bonchev–Trinajstić information content (AvgIpc) is 4.04. The largest absolute Gasteiger partial charge is 0.456 e. The highest BCUT2D eigenvalue weighted by molar-refractivity contribution is 6.27. The Balaban J connectivity index is 1.09. The molecule has 294 valence electrons. The summed E-state index contributed by atoms with van der Waals surface area (Å²) in [7, 11) is 0. The predicted octanol–water partition coefficient (Wildman–Crippen LogP) is 15.1. The molecule has 0 aliphatic carbocycles. The van der Waals surface area contributed by atoms with Crippen LogP contribution in [0.4, 0.5) is 0 Å². The Kier molecular flexibility index (Phi) is 7.80. The molecule has 0 aliphatic heterocycles. The van der Waals surface area contributed by atoms with Crippen molar-refractivity contribution in [3.05, 3.63) is 206 Å². The monoisotopic (exact) mass is 806 g/mol. The van der Waals surface area contributed by atoms with E-state index in [9.17, 15) is 0 Å². The lowest BCUT2D eigenvalue weighted by Crippen LogP contribution is -2.02. The Morgan fingerprint density at radius 3 is 1.59 bits per heavy atom. The first-order valence-electron chi connectivity index (χ1n) is 21.1. The first-order chi connectivity index (χ1) is 31.2. The van der Waals surface area contributed by atoms with Crippen molar-refractivity contribution in [2.75, 3.05) is 0 Å². The van der Waals surface area contributed by atoms with E-state index >= 15 is 0 Å². The summed E-state index contributed by atoms with van der Waals surface area (Å²) in [5.41, 5.74) is 13.5. The van der Waals surface area contributed by atoms with E-state index in [0.29, 0.717) is 17.5 Å². The molecule has 6 heteroatoms. The number of hydrogen-bond donors (Lipinski definition) is 0. The number of benzene rings is 9. The van der Waals surface area contributed by atoms with E-state index < -0.39 is 0 Å². The fourth-order valence-corrected chi connectivity index (χ4v) is 9.40. The van der Waals surface area contributed by atoms with Crippen LogP contribution in [0.1, 0.15) is 0 Å². The Labute approximate surface area is 361 Å². The van der Waals surface area contributed by atoms with E-state index in [-0.39, 0.29) is 0 Å². The molecule has 0 aliphatic rings. The third-order valence-electron chi connectivity index (χ3n) is 12.2. The summed E-state index contributed by atoms with van der Waals surface area (Å²) in [5.74, 6) is 1.71. The lowest BCUT2D eigenvalue weighted by atomic mass is 10.0. The molecule has 0 saturated heterocycles. The fraction of sp³-hybridized carbons (Fsp3) is 0. The molecule has 4 heterocycles. The second-order valence-corrected chi connectivity index (χ2v) is 15.9. The summed E-state index contributed by atoms with van der Waals surface area (Å²) >= 11 is 0. The minimum atomic E-state index is 0.563. The molecule has 13 aromatic rings. The van der Waals surface area contributed by atoms with Crippen LogP contribution in [0.5, 0.6) is 0 Å². The number of para-hydroxylation sites is 3. The molecule has 63 heavy (non-hydrogen) atoms. The summed E-state index contributed by atoms with van der Waals surface area (Å²) in [5, 5.41) is 6.50.